The zero-order valence-corrected chi connectivity index (χ0v) is 18.8. The molecular formula is C21H24FN3O4S2. The molecule has 3 rings (SSSR count). The molecule has 0 spiro atoms. The van der Waals surface area contributed by atoms with Gasteiger partial charge in [0.2, 0.25) is 5.91 Å². The van der Waals surface area contributed by atoms with Gasteiger partial charge in [-0.1, -0.05) is 24.2 Å². The van der Waals surface area contributed by atoms with Crippen LogP contribution in [0, 0.1) is 18.2 Å². The van der Waals surface area contributed by atoms with E-state index in [9.17, 15) is 22.4 Å². The van der Waals surface area contributed by atoms with Gasteiger partial charge in [-0.25, -0.2) is 12.8 Å². The van der Waals surface area contributed by atoms with Gasteiger partial charge in [0.05, 0.1) is 16.8 Å². The number of likely N-dealkylation sites (tertiary alicyclic amines) is 1. The fraction of sp³-hybridized carbons (Fsp3) is 0.476. The van der Waals surface area contributed by atoms with Crippen molar-refractivity contribution in [2.24, 2.45) is 4.99 Å². The first-order valence-corrected chi connectivity index (χ1v) is 12.7. The first-order valence-electron chi connectivity index (χ1n) is 10.0. The molecule has 31 heavy (non-hydrogen) atoms. The summed E-state index contributed by atoms with van der Waals surface area (Å²) >= 11 is 1.04. The molecule has 0 N–H and O–H groups in total. The molecule has 0 bridgehead atoms. The van der Waals surface area contributed by atoms with E-state index in [0.29, 0.717) is 16.8 Å². The molecule has 7 nitrogen and oxygen atoms in total. The summed E-state index contributed by atoms with van der Waals surface area (Å²) in [4.78, 5) is 30.7. The highest BCUT2D eigenvalue weighted by molar-refractivity contribution is 7.92. The number of amides is 2. The van der Waals surface area contributed by atoms with Crippen LogP contribution in [0.25, 0.3) is 10.2 Å². The van der Waals surface area contributed by atoms with Crippen molar-refractivity contribution in [2.75, 3.05) is 18.1 Å². The van der Waals surface area contributed by atoms with Crippen molar-refractivity contribution in [2.45, 2.75) is 45.2 Å². The van der Waals surface area contributed by atoms with E-state index in [1.54, 1.807) is 9.47 Å². The summed E-state index contributed by atoms with van der Waals surface area (Å²) in [5, 5.41) is 0. The van der Waals surface area contributed by atoms with E-state index in [1.807, 2.05) is 6.92 Å². The summed E-state index contributed by atoms with van der Waals surface area (Å²) < 4.78 is 40.6. The number of carbonyl (C=O) groups excluding carboxylic acids is 2. The van der Waals surface area contributed by atoms with Crippen molar-refractivity contribution >= 4 is 43.2 Å². The van der Waals surface area contributed by atoms with Gasteiger partial charge in [-0.05, 0) is 43.9 Å². The summed E-state index contributed by atoms with van der Waals surface area (Å²) in [6.07, 6.45) is 8.87. The summed E-state index contributed by atoms with van der Waals surface area (Å²) in [5.41, 5.74) is 0.602. The molecule has 0 saturated carbocycles. The highest BCUT2D eigenvalue weighted by Crippen LogP contribution is 2.20. The second kappa shape index (κ2) is 9.75. The van der Waals surface area contributed by atoms with Crippen molar-refractivity contribution in [3.8, 4) is 12.3 Å². The van der Waals surface area contributed by atoms with Gasteiger partial charge in [0.1, 0.15) is 17.3 Å². The lowest BCUT2D eigenvalue weighted by Crippen LogP contribution is -2.46. The van der Waals surface area contributed by atoms with E-state index in [0.717, 1.165) is 37.0 Å². The Morgan fingerprint density at radius 1 is 1.32 bits per heavy atom. The smallest absolute Gasteiger partial charge is 0.263 e. The number of hydrogen-bond donors (Lipinski definition) is 0. The third-order valence-corrected chi connectivity index (χ3v) is 7.63. The Kier molecular flexibility index (Phi) is 7.28. The zero-order valence-electron chi connectivity index (χ0n) is 17.2. The largest absolute Gasteiger partial charge is 0.339 e. The number of thiazole rings is 1. The maximum absolute atomic E-state index is 13.5. The van der Waals surface area contributed by atoms with E-state index in [2.05, 4.69) is 10.9 Å². The molecule has 1 aliphatic heterocycles. The Bertz CT molecular complexity index is 1210. The van der Waals surface area contributed by atoms with E-state index in [1.165, 1.54) is 18.2 Å². The van der Waals surface area contributed by atoms with Gasteiger partial charge < -0.3 is 9.47 Å². The minimum Gasteiger partial charge on any atom is -0.339 e. The van der Waals surface area contributed by atoms with E-state index in [4.69, 9.17) is 6.42 Å². The number of fused-ring (bicyclic) bond motifs is 1. The lowest BCUT2D eigenvalue weighted by molar-refractivity contribution is -0.132. The van der Waals surface area contributed by atoms with Crippen LogP contribution in [0.15, 0.2) is 23.2 Å². The van der Waals surface area contributed by atoms with Crippen LogP contribution in [-0.2, 0) is 26.0 Å². The topological polar surface area (TPSA) is 88.8 Å². The van der Waals surface area contributed by atoms with Crippen LogP contribution in [0.5, 0.6) is 0 Å². The van der Waals surface area contributed by atoms with Crippen molar-refractivity contribution < 1.29 is 22.4 Å². The van der Waals surface area contributed by atoms with Crippen molar-refractivity contribution in [1.82, 2.24) is 9.47 Å². The summed E-state index contributed by atoms with van der Waals surface area (Å²) in [7, 11) is -3.98. The molecule has 1 aliphatic rings. The Balaban J connectivity index is 1.79. The molecule has 166 valence electrons. The Morgan fingerprint density at radius 3 is 2.81 bits per heavy atom. The van der Waals surface area contributed by atoms with Crippen LogP contribution < -0.4 is 4.80 Å². The highest BCUT2D eigenvalue weighted by atomic mass is 32.2. The predicted molar refractivity (Wildman–Crippen MR) is 117 cm³/mol. The summed E-state index contributed by atoms with van der Waals surface area (Å²) in [6, 6.07) is 4.14. The molecule has 2 amide bonds. The average molecular weight is 466 g/mol. The number of nitrogens with zero attached hydrogens (tertiary/aromatic N) is 3. The molecule has 1 fully saturated rings. The van der Waals surface area contributed by atoms with E-state index < -0.39 is 39.0 Å². The molecule has 0 aliphatic carbocycles. The molecule has 1 aromatic carbocycles. The Hall–Kier alpha value is -2.51. The Morgan fingerprint density at radius 2 is 2.10 bits per heavy atom. The minimum atomic E-state index is -3.98. The summed E-state index contributed by atoms with van der Waals surface area (Å²) in [5.74, 6) is -0.948. The number of benzene rings is 1. The van der Waals surface area contributed by atoms with Crippen molar-refractivity contribution in [3.05, 3.63) is 28.8 Å². The van der Waals surface area contributed by atoms with Gasteiger partial charge in [0.25, 0.3) is 5.91 Å². The fourth-order valence-electron chi connectivity index (χ4n) is 3.78. The van der Waals surface area contributed by atoms with Gasteiger partial charge >= 0.3 is 0 Å². The molecule has 1 saturated heterocycles. The SMILES string of the molecule is C#CCn1c(=NC(=O)CS(=O)(=O)CC(=O)N2CCCCC2CC)sc2cc(F)ccc21. The van der Waals surface area contributed by atoms with Crippen molar-refractivity contribution in [3.63, 3.8) is 0 Å². The van der Waals surface area contributed by atoms with Crippen LogP contribution in [0.4, 0.5) is 4.39 Å². The lowest BCUT2D eigenvalue weighted by atomic mass is 10.0. The predicted octanol–water partition coefficient (Wildman–Crippen LogP) is 2.11. The molecule has 0 radical (unpaired) electrons. The second-order valence-corrected chi connectivity index (χ2v) is 10.5. The number of carbonyl (C=O) groups is 2. The normalized spacial score (nSPS) is 17.6. The summed E-state index contributed by atoms with van der Waals surface area (Å²) in [6.45, 7) is 2.60. The molecule has 2 aromatic rings. The van der Waals surface area contributed by atoms with E-state index >= 15 is 0 Å². The van der Waals surface area contributed by atoms with Crippen LogP contribution in [-0.4, -0.2) is 53.8 Å². The number of halogens is 1. The number of sulfone groups is 1. The fourth-order valence-corrected chi connectivity index (χ4v) is 5.94. The average Bonchev–Trinajstić information content (AvgIpc) is 3.03. The number of terminal acetylenes is 1. The van der Waals surface area contributed by atoms with E-state index in [-0.39, 0.29) is 17.4 Å². The molecule has 2 heterocycles. The molecule has 1 unspecified atom stereocenters. The molecule has 10 heteroatoms. The van der Waals surface area contributed by atoms with Gasteiger partial charge in [-0.3, -0.25) is 9.59 Å². The monoisotopic (exact) mass is 465 g/mol. The molecular weight excluding hydrogens is 441 g/mol. The standard InChI is InChI=1S/C21H24FN3O4S2/c1-3-10-25-17-9-8-15(22)12-18(17)30-21(25)23-19(26)13-31(28,29)14-20(27)24-11-6-5-7-16(24)4-2/h1,8-9,12,16H,4-7,10-11,13-14H2,2H3. The number of aromatic nitrogens is 1. The lowest BCUT2D eigenvalue weighted by Gasteiger charge is -2.35. The van der Waals surface area contributed by atoms with Crippen LogP contribution in [0.3, 0.4) is 0 Å². The number of rotatable bonds is 6. The Labute approximate surface area is 184 Å². The number of piperidine rings is 1. The van der Waals surface area contributed by atoms with Crippen LogP contribution in [0.2, 0.25) is 0 Å². The molecule has 1 aromatic heterocycles. The third-order valence-electron chi connectivity index (χ3n) is 5.22. The van der Waals surface area contributed by atoms with Gasteiger partial charge in [0.15, 0.2) is 14.6 Å². The maximum atomic E-state index is 13.5. The third kappa shape index (κ3) is 5.60. The van der Waals surface area contributed by atoms with Gasteiger partial charge in [-0.2, -0.15) is 4.99 Å². The van der Waals surface area contributed by atoms with Crippen molar-refractivity contribution in [1.29, 1.82) is 0 Å². The molecule has 1 atom stereocenters. The van der Waals surface area contributed by atoms with Gasteiger partial charge in [0, 0.05) is 12.6 Å². The highest BCUT2D eigenvalue weighted by Gasteiger charge is 2.29. The number of hydrogen-bond acceptors (Lipinski definition) is 5. The first-order chi connectivity index (χ1) is 14.7. The van der Waals surface area contributed by atoms with Gasteiger partial charge in [-0.15, -0.1) is 6.42 Å². The first kappa shape index (κ1) is 23.2. The minimum absolute atomic E-state index is 0.0403. The second-order valence-electron chi connectivity index (χ2n) is 7.47. The zero-order chi connectivity index (χ0) is 22.6. The maximum Gasteiger partial charge on any atom is 0.263 e. The van der Waals surface area contributed by atoms with Crippen LogP contribution >= 0.6 is 11.3 Å². The quantitative estimate of drug-likeness (QED) is 0.612. The van der Waals surface area contributed by atoms with Crippen LogP contribution in [0.1, 0.15) is 32.6 Å².